The Hall–Kier alpha value is -4.07. The van der Waals surface area contributed by atoms with E-state index in [-0.39, 0.29) is 49.0 Å². The summed E-state index contributed by atoms with van der Waals surface area (Å²) >= 11 is 0. The number of benzene rings is 2. The SMILES string of the molecule is O=C(CN(C(=O)c1cnc2ccccc2n1)C1CC1)N(Cc1ccc(F)cc1)Cc1ccco1. The zero-order valence-corrected chi connectivity index (χ0v) is 18.4. The monoisotopic (exact) mass is 458 g/mol. The molecule has 2 aromatic heterocycles. The van der Waals surface area contributed by atoms with Gasteiger partial charge in [-0.1, -0.05) is 24.3 Å². The average molecular weight is 458 g/mol. The second-order valence-corrected chi connectivity index (χ2v) is 8.36. The Balaban J connectivity index is 1.36. The zero-order valence-electron chi connectivity index (χ0n) is 18.4. The lowest BCUT2D eigenvalue weighted by Crippen LogP contribution is -2.43. The van der Waals surface area contributed by atoms with Crippen molar-refractivity contribution >= 4 is 22.8 Å². The number of rotatable bonds is 8. The summed E-state index contributed by atoms with van der Waals surface area (Å²) in [5.41, 5.74) is 2.34. The molecule has 4 aromatic rings. The quantitative estimate of drug-likeness (QED) is 0.396. The van der Waals surface area contributed by atoms with Crippen LogP contribution in [0.25, 0.3) is 11.0 Å². The predicted octanol–water partition coefficient (Wildman–Crippen LogP) is 4.20. The topological polar surface area (TPSA) is 79.5 Å². The molecule has 0 spiro atoms. The van der Waals surface area contributed by atoms with Gasteiger partial charge in [0.15, 0.2) is 0 Å². The van der Waals surface area contributed by atoms with Gasteiger partial charge in [-0.2, -0.15) is 0 Å². The Morgan fingerprint density at radius 1 is 0.971 bits per heavy atom. The maximum Gasteiger partial charge on any atom is 0.274 e. The summed E-state index contributed by atoms with van der Waals surface area (Å²) in [6.45, 7) is 0.424. The predicted molar refractivity (Wildman–Crippen MR) is 123 cm³/mol. The van der Waals surface area contributed by atoms with E-state index in [9.17, 15) is 14.0 Å². The third-order valence-corrected chi connectivity index (χ3v) is 5.79. The van der Waals surface area contributed by atoms with Gasteiger partial charge in [-0.15, -0.1) is 0 Å². The van der Waals surface area contributed by atoms with Crippen LogP contribution < -0.4 is 0 Å². The molecule has 0 unspecified atom stereocenters. The molecule has 0 radical (unpaired) electrons. The lowest BCUT2D eigenvalue weighted by molar-refractivity contribution is -0.133. The van der Waals surface area contributed by atoms with E-state index in [1.54, 1.807) is 46.4 Å². The van der Waals surface area contributed by atoms with E-state index in [0.29, 0.717) is 16.8 Å². The number of amides is 2. The molecule has 1 aliphatic carbocycles. The molecule has 2 amide bonds. The third kappa shape index (κ3) is 4.96. The number of aromatic nitrogens is 2. The van der Waals surface area contributed by atoms with Crippen LogP contribution in [0.5, 0.6) is 0 Å². The standard InChI is InChI=1S/C26H23FN4O3/c27-19-9-7-18(8-10-19)15-30(16-21-4-3-13-34-21)25(32)17-31(20-11-12-20)26(33)24-14-28-22-5-1-2-6-23(22)29-24/h1-10,13-14,20H,11-12,15-17H2. The summed E-state index contributed by atoms with van der Waals surface area (Å²) in [7, 11) is 0. The highest BCUT2D eigenvalue weighted by atomic mass is 19.1. The second-order valence-electron chi connectivity index (χ2n) is 8.36. The minimum Gasteiger partial charge on any atom is -0.467 e. The molecule has 0 atom stereocenters. The molecule has 2 aromatic carbocycles. The number of furan rings is 1. The molecule has 0 aliphatic heterocycles. The molecule has 7 nitrogen and oxygen atoms in total. The molecule has 2 heterocycles. The van der Waals surface area contributed by atoms with Gasteiger partial charge in [0.2, 0.25) is 5.91 Å². The van der Waals surface area contributed by atoms with Gasteiger partial charge in [0.25, 0.3) is 5.91 Å². The Labute approximate surface area is 195 Å². The summed E-state index contributed by atoms with van der Waals surface area (Å²) in [6, 6.07) is 16.9. The fourth-order valence-corrected chi connectivity index (χ4v) is 3.84. The van der Waals surface area contributed by atoms with Crippen LogP contribution >= 0.6 is 0 Å². The molecule has 172 valence electrons. The van der Waals surface area contributed by atoms with E-state index in [0.717, 1.165) is 18.4 Å². The van der Waals surface area contributed by atoms with Crippen molar-refractivity contribution in [3.8, 4) is 0 Å². The molecule has 1 fully saturated rings. The largest absolute Gasteiger partial charge is 0.467 e. The van der Waals surface area contributed by atoms with Crippen molar-refractivity contribution in [1.82, 2.24) is 19.8 Å². The number of halogens is 1. The van der Waals surface area contributed by atoms with Crippen LogP contribution in [0.2, 0.25) is 0 Å². The van der Waals surface area contributed by atoms with E-state index < -0.39 is 0 Å². The number of nitrogens with zero attached hydrogens (tertiary/aromatic N) is 4. The van der Waals surface area contributed by atoms with E-state index in [2.05, 4.69) is 9.97 Å². The lowest BCUT2D eigenvalue weighted by atomic mass is 10.2. The summed E-state index contributed by atoms with van der Waals surface area (Å²) < 4.78 is 18.8. The van der Waals surface area contributed by atoms with Crippen LogP contribution in [0.1, 0.15) is 34.7 Å². The third-order valence-electron chi connectivity index (χ3n) is 5.79. The molecule has 0 saturated heterocycles. The highest BCUT2D eigenvalue weighted by molar-refractivity contribution is 5.96. The molecule has 1 saturated carbocycles. The highest BCUT2D eigenvalue weighted by Crippen LogP contribution is 2.28. The number of para-hydroxylation sites is 2. The van der Waals surface area contributed by atoms with Gasteiger partial charge in [-0.3, -0.25) is 14.6 Å². The van der Waals surface area contributed by atoms with Crippen molar-refractivity contribution in [3.63, 3.8) is 0 Å². The maximum atomic E-state index is 13.4. The summed E-state index contributed by atoms with van der Waals surface area (Å²) in [5.74, 6) is -0.252. The second kappa shape index (κ2) is 9.43. The van der Waals surface area contributed by atoms with Crippen LogP contribution in [-0.2, 0) is 17.9 Å². The van der Waals surface area contributed by atoms with E-state index in [1.807, 2.05) is 18.2 Å². The van der Waals surface area contributed by atoms with Gasteiger partial charge < -0.3 is 14.2 Å². The number of hydrogen-bond donors (Lipinski definition) is 0. The first kappa shape index (κ1) is 21.8. The van der Waals surface area contributed by atoms with Crippen molar-refractivity contribution in [2.24, 2.45) is 0 Å². The Morgan fingerprint density at radius 3 is 2.44 bits per heavy atom. The van der Waals surface area contributed by atoms with Gasteiger partial charge in [0, 0.05) is 12.6 Å². The fourth-order valence-electron chi connectivity index (χ4n) is 3.84. The van der Waals surface area contributed by atoms with Gasteiger partial charge >= 0.3 is 0 Å². The first-order chi connectivity index (χ1) is 16.6. The Bertz CT molecular complexity index is 1300. The molecule has 0 N–H and O–H groups in total. The molecule has 8 heteroatoms. The first-order valence-corrected chi connectivity index (χ1v) is 11.1. The molecule has 0 bridgehead atoms. The average Bonchev–Trinajstić information content (AvgIpc) is 3.57. The van der Waals surface area contributed by atoms with Crippen LogP contribution in [0, 0.1) is 5.82 Å². The Kier molecular flexibility index (Phi) is 6.03. The van der Waals surface area contributed by atoms with Crippen LogP contribution in [0.4, 0.5) is 4.39 Å². The molecular weight excluding hydrogens is 435 g/mol. The van der Waals surface area contributed by atoms with Crippen LogP contribution in [0.15, 0.2) is 77.5 Å². The van der Waals surface area contributed by atoms with Crippen LogP contribution in [0.3, 0.4) is 0 Å². The maximum absolute atomic E-state index is 13.4. The summed E-state index contributed by atoms with van der Waals surface area (Å²) in [5, 5.41) is 0. The minimum atomic E-state index is -0.338. The van der Waals surface area contributed by atoms with Crippen molar-refractivity contribution in [1.29, 1.82) is 0 Å². The minimum absolute atomic E-state index is 0.000930. The van der Waals surface area contributed by atoms with Gasteiger partial charge in [-0.05, 0) is 54.8 Å². The zero-order chi connectivity index (χ0) is 23.5. The summed E-state index contributed by atoms with van der Waals surface area (Å²) in [6.07, 6.45) is 4.70. The first-order valence-electron chi connectivity index (χ1n) is 11.1. The van der Waals surface area contributed by atoms with Crippen LogP contribution in [-0.4, -0.2) is 44.2 Å². The number of carbonyl (C=O) groups is 2. The molecule has 1 aliphatic rings. The van der Waals surface area contributed by atoms with Crippen molar-refractivity contribution in [3.05, 3.63) is 96.0 Å². The smallest absolute Gasteiger partial charge is 0.274 e. The Morgan fingerprint density at radius 2 is 1.74 bits per heavy atom. The molecule has 5 rings (SSSR count). The fraction of sp³-hybridized carbons (Fsp3) is 0.231. The lowest BCUT2D eigenvalue weighted by Gasteiger charge is -2.27. The highest BCUT2D eigenvalue weighted by Gasteiger charge is 2.36. The number of carbonyl (C=O) groups excluding carboxylic acids is 2. The van der Waals surface area contributed by atoms with E-state index in [4.69, 9.17) is 4.42 Å². The van der Waals surface area contributed by atoms with Crippen molar-refractivity contribution < 1.29 is 18.4 Å². The number of fused-ring (bicyclic) bond motifs is 1. The summed E-state index contributed by atoms with van der Waals surface area (Å²) in [4.78, 5) is 38.8. The van der Waals surface area contributed by atoms with Crippen molar-refractivity contribution in [2.45, 2.75) is 32.0 Å². The van der Waals surface area contributed by atoms with Gasteiger partial charge in [0.1, 0.15) is 23.8 Å². The van der Waals surface area contributed by atoms with E-state index >= 15 is 0 Å². The number of hydrogen-bond acceptors (Lipinski definition) is 5. The van der Waals surface area contributed by atoms with E-state index in [1.165, 1.54) is 18.3 Å². The normalized spacial score (nSPS) is 13.1. The molecule has 34 heavy (non-hydrogen) atoms. The van der Waals surface area contributed by atoms with Gasteiger partial charge in [0.05, 0.1) is 30.0 Å². The van der Waals surface area contributed by atoms with Gasteiger partial charge in [-0.25, -0.2) is 9.37 Å². The van der Waals surface area contributed by atoms with Crippen molar-refractivity contribution in [2.75, 3.05) is 6.54 Å². The molecular formula is C26H23FN4O3.